The van der Waals surface area contributed by atoms with E-state index in [2.05, 4.69) is 31.0 Å². The van der Waals surface area contributed by atoms with Gasteiger partial charge in [0.05, 0.1) is 0 Å². The van der Waals surface area contributed by atoms with E-state index in [1.54, 1.807) is 0 Å². The summed E-state index contributed by atoms with van der Waals surface area (Å²) in [6.45, 7) is 6.64. The minimum absolute atomic E-state index is 0.685. The summed E-state index contributed by atoms with van der Waals surface area (Å²) >= 11 is 0. The van der Waals surface area contributed by atoms with Crippen LogP contribution in [0.15, 0.2) is 0 Å². The summed E-state index contributed by atoms with van der Waals surface area (Å²) < 4.78 is 0. The van der Waals surface area contributed by atoms with E-state index in [0.29, 0.717) is 11.7 Å². The molecule has 0 saturated carbocycles. The molecular formula is C11H21N3. The highest BCUT2D eigenvalue weighted by atomic mass is 15.2. The van der Waals surface area contributed by atoms with Crippen molar-refractivity contribution in [3.05, 3.63) is 11.3 Å². The number of hydrogen-bond acceptors (Lipinski definition) is 2. The monoisotopic (exact) mass is 195 g/mol. The Hall–Kier alpha value is -0.990. The average molecular weight is 195 g/mol. The Morgan fingerprint density at radius 3 is 2.71 bits per heavy atom. The Morgan fingerprint density at radius 2 is 2.14 bits per heavy atom. The topological polar surface area (TPSA) is 54.7 Å². The van der Waals surface area contributed by atoms with Crippen LogP contribution in [0.2, 0.25) is 0 Å². The first-order valence-electron chi connectivity index (χ1n) is 5.50. The normalized spacial score (nSPS) is 13.1. The van der Waals surface area contributed by atoms with E-state index >= 15 is 0 Å². The van der Waals surface area contributed by atoms with Crippen molar-refractivity contribution in [3.63, 3.8) is 0 Å². The van der Waals surface area contributed by atoms with Gasteiger partial charge in [0, 0.05) is 11.3 Å². The van der Waals surface area contributed by atoms with E-state index in [-0.39, 0.29) is 0 Å². The lowest BCUT2D eigenvalue weighted by Crippen LogP contribution is -2.02. The van der Waals surface area contributed by atoms with Gasteiger partial charge in [-0.05, 0) is 18.8 Å². The fourth-order valence-corrected chi connectivity index (χ4v) is 1.61. The fourth-order valence-electron chi connectivity index (χ4n) is 1.61. The van der Waals surface area contributed by atoms with Crippen LogP contribution in [0.3, 0.4) is 0 Å². The molecule has 0 fully saturated rings. The molecule has 0 bridgehead atoms. The number of aromatic nitrogens is 2. The molecule has 3 heteroatoms. The summed E-state index contributed by atoms with van der Waals surface area (Å²) in [5.41, 5.74) is 8.27. The molecule has 0 amide bonds. The SMILES string of the molecule is CCCc1c(N)n[nH]c1CC(C)CC. The molecule has 80 valence electrons. The molecule has 14 heavy (non-hydrogen) atoms. The fraction of sp³-hybridized carbons (Fsp3) is 0.727. The van der Waals surface area contributed by atoms with Gasteiger partial charge in [-0.15, -0.1) is 0 Å². The first kappa shape index (κ1) is 11.1. The van der Waals surface area contributed by atoms with Crippen molar-refractivity contribution in [2.45, 2.75) is 46.5 Å². The van der Waals surface area contributed by atoms with E-state index < -0.39 is 0 Å². The molecular weight excluding hydrogens is 174 g/mol. The Kier molecular flexibility index (Phi) is 3.98. The van der Waals surface area contributed by atoms with E-state index in [0.717, 1.165) is 19.3 Å². The zero-order chi connectivity index (χ0) is 10.6. The van der Waals surface area contributed by atoms with Crippen LogP contribution >= 0.6 is 0 Å². The molecule has 1 rings (SSSR count). The smallest absolute Gasteiger partial charge is 0.148 e. The van der Waals surface area contributed by atoms with Gasteiger partial charge in [0.25, 0.3) is 0 Å². The molecule has 0 aliphatic rings. The first-order valence-corrected chi connectivity index (χ1v) is 5.50. The molecule has 1 atom stereocenters. The minimum atomic E-state index is 0.685. The standard InChI is InChI=1S/C11H21N3/c1-4-6-9-10(7-8(3)5-2)13-14-11(9)12/h8H,4-7H2,1-3H3,(H3,12,13,14). The zero-order valence-corrected chi connectivity index (χ0v) is 9.43. The second-order valence-corrected chi connectivity index (χ2v) is 4.03. The van der Waals surface area contributed by atoms with Crippen molar-refractivity contribution < 1.29 is 0 Å². The van der Waals surface area contributed by atoms with Crippen LogP contribution in [-0.2, 0) is 12.8 Å². The number of H-pyrrole nitrogens is 1. The number of nitrogens with two attached hydrogens (primary N) is 1. The minimum Gasteiger partial charge on any atom is -0.382 e. The molecule has 3 N–H and O–H groups in total. The quantitative estimate of drug-likeness (QED) is 0.758. The van der Waals surface area contributed by atoms with Crippen LogP contribution in [0.25, 0.3) is 0 Å². The van der Waals surface area contributed by atoms with Crippen molar-refractivity contribution in [3.8, 4) is 0 Å². The highest BCUT2D eigenvalue weighted by Gasteiger charge is 2.11. The van der Waals surface area contributed by atoms with E-state index in [4.69, 9.17) is 5.73 Å². The van der Waals surface area contributed by atoms with Gasteiger partial charge in [-0.25, -0.2) is 0 Å². The van der Waals surface area contributed by atoms with Crippen LogP contribution in [0.4, 0.5) is 5.82 Å². The number of aromatic amines is 1. The Labute approximate surface area is 86.1 Å². The van der Waals surface area contributed by atoms with Gasteiger partial charge in [-0.1, -0.05) is 33.6 Å². The Balaban J connectivity index is 2.75. The largest absolute Gasteiger partial charge is 0.382 e. The lowest BCUT2D eigenvalue weighted by Gasteiger charge is -2.08. The molecule has 0 spiro atoms. The molecule has 0 aliphatic carbocycles. The maximum Gasteiger partial charge on any atom is 0.148 e. The lowest BCUT2D eigenvalue weighted by molar-refractivity contribution is 0.549. The third-order valence-electron chi connectivity index (χ3n) is 2.73. The number of nitrogens with zero attached hydrogens (tertiary/aromatic N) is 1. The third kappa shape index (κ3) is 2.50. The molecule has 1 aromatic rings. The highest BCUT2D eigenvalue weighted by molar-refractivity contribution is 5.42. The van der Waals surface area contributed by atoms with Gasteiger partial charge in [0.2, 0.25) is 0 Å². The summed E-state index contributed by atoms with van der Waals surface area (Å²) in [5.74, 6) is 1.38. The predicted octanol–water partition coefficient (Wildman–Crippen LogP) is 2.53. The van der Waals surface area contributed by atoms with Gasteiger partial charge >= 0.3 is 0 Å². The van der Waals surface area contributed by atoms with E-state index in [1.807, 2.05) is 0 Å². The third-order valence-corrected chi connectivity index (χ3v) is 2.73. The molecule has 0 aliphatic heterocycles. The van der Waals surface area contributed by atoms with Crippen molar-refractivity contribution in [1.29, 1.82) is 0 Å². The maximum atomic E-state index is 5.80. The molecule has 1 unspecified atom stereocenters. The van der Waals surface area contributed by atoms with E-state index in [9.17, 15) is 0 Å². The van der Waals surface area contributed by atoms with Gasteiger partial charge < -0.3 is 5.73 Å². The summed E-state index contributed by atoms with van der Waals surface area (Å²) in [5, 5.41) is 7.12. The van der Waals surface area contributed by atoms with Crippen LogP contribution in [0.5, 0.6) is 0 Å². The number of hydrogen-bond donors (Lipinski definition) is 2. The predicted molar refractivity (Wildman–Crippen MR) is 60.2 cm³/mol. The second-order valence-electron chi connectivity index (χ2n) is 4.03. The van der Waals surface area contributed by atoms with Gasteiger partial charge in [-0.2, -0.15) is 5.10 Å². The summed E-state index contributed by atoms with van der Waals surface area (Å²) in [6, 6.07) is 0. The molecule has 1 heterocycles. The second kappa shape index (κ2) is 5.03. The van der Waals surface area contributed by atoms with Crippen LogP contribution in [-0.4, -0.2) is 10.2 Å². The van der Waals surface area contributed by atoms with Crippen LogP contribution in [0.1, 0.15) is 44.9 Å². The van der Waals surface area contributed by atoms with Crippen LogP contribution in [0, 0.1) is 5.92 Å². The molecule has 0 aromatic carbocycles. The van der Waals surface area contributed by atoms with Crippen molar-refractivity contribution in [1.82, 2.24) is 10.2 Å². The number of rotatable bonds is 5. The van der Waals surface area contributed by atoms with Crippen molar-refractivity contribution in [2.75, 3.05) is 5.73 Å². The zero-order valence-electron chi connectivity index (χ0n) is 9.43. The number of nitrogen functional groups attached to an aromatic ring is 1. The van der Waals surface area contributed by atoms with E-state index in [1.165, 1.54) is 17.7 Å². The first-order chi connectivity index (χ1) is 6.69. The average Bonchev–Trinajstić information content (AvgIpc) is 2.50. The summed E-state index contributed by atoms with van der Waals surface area (Å²) in [7, 11) is 0. The number of anilines is 1. The lowest BCUT2D eigenvalue weighted by atomic mass is 9.99. The van der Waals surface area contributed by atoms with Gasteiger partial charge in [0.1, 0.15) is 5.82 Å². The van der Waals surface area contributed by atoms with Crippen molar-refractivity contribution >= 4 is 5.82 Å². The molecule has 0 saturated heterocycles. The molecule has 0 radical (unpaired) electrons. The van der Waals surface area contributed by atoms with Gasteiger partial charge in [-0.3, -0.25) is 5.10 Å². The molecule has 3 nitrogen and oxygen atoms in total. The number of nitrogens with one attached hydrogen (secondary N) is 1. The summed E-state index contributed by atoms with van der Waals surface area (Å²) in [6.07, 6.45) is 4.42. The Morgan fingerprint density at radius 1 is 1.43 bits per heavy atom. The van der Waals surface area contributed by atoms with Crippen molar-refractivity contribution in [2.24, 2.45) is 5.92 Å². The van der Waals surface area contributed by atoms with Gasteiger partial charge in [0.15, 0.2) is 0 Å². The Bertz CT molecular complexity index is 278. The summed E-state index contributed by atoms with van der Waals surface area (Å²) in [4.78, 5) is 0. The highest BCUT2D eigenvalue weighted by Crippen LogP contribution is 2.19. The van der Waals surface area contributed by atoms with Crippen LogP contribution < -0.4 is 5.73 Å². The maximum absolute atomic E-state index is 5.80. The molecule has 1 aromatic heterocycles.